The van der Waals surface area contributed by atoms with Gasteiger partial charge in [-0.2, -0.15) is 0 Å². The molecule has 0 saturated carbocycles. The highest BCUT2D eigenvalue weighted by molar-refractivity contribution is 5.89. The number of rotatable bonds is 3. The topological polar surface area (TPSA) is 38.8 Å². The molecule has 2 unspecified atom stereocenters. The van der Waals surface area contributed by atoms with Crippen LogP contribution < -0.4 is 10.2 Å². The maximum atomic E-state index is 12.3. The van der Waals surface area contributed by atoms with E-state index in [0.717, 1.165) is 50.7 Å². The van der Waals surface area contributed by atoms with E-state index >= 15 is 0 Å². The highest BCUT2D eigenvalue weighted by atomic mass is 16.2. The quantitative estimate of drug-likeness (QED) is 0.896. The van der Waals surface area contributed by atoms with Gasteiger partial charge < -0.3 is 15.1 Å². The van der Waals surface area contributed by atoms with Crippen LogP contribution in [0.2, 0.25) is 0 Å². The van der Waals surface area contributed by atoms with E-state index in [0.29, 0.717) is 6.04 Å². The van der Waals surface area contributed by atoms with Crippen LogP contribution in [0.5, 0.6) is 0 Å². The van der Waals surface area contributed by atoms with Gasteiger partial charge in [-0.25, -0.2) is 4.79 Å². The molecule has 2 atom stereocenters. The van der Waals surface area contributed by atoms with Gasteiger partial charge in [0.1, 0.15) is 0 Å². The van der Waals surface area contributed by atoms with Gasteiger partial charge in [-0.3, -0.25) is 4.90 Å². The first-order valence-corrected chi connectivity index (χ1v) is 10.4. The summed E-state index contributed by atoms with van der Waals surface area (Å²) in [4.78, 5) is 19.5. The van der Waals surface area contributed by atoms with E-state index in [1.807, 2.05) is 17.0 Å². The first-order valence-electron chi connectivity index (χ1n) is 10.4. The number of likely N-dealkylation sites (tertiary alicyclic amines) is 2. The molecule has 26 heavy (non-hydrogen) atoms. The first kappa shape index (κ1) is 17.7. The lowest BCUT2D eigenvalue weighted by molar-refractivity contribution is 0.200. The zero-order chi connectivity index (χ0) is 17.9. The number of nitrogens with one attached hydrogen (secondary N) is 1. The Labute approximate surface area is 157 Å². The minimum atomic E-state index is 0.0432. The number of hydrogen-bond donors (Lipinski definition) is 1. The molecule has 0 bridgehead atoms. The Kier molecular flexibility index (Phi) is 5.34. The molecule has 1 aromatic rings. The number of anilines is 2. The summed E-state index contributed by atoms with van der Waals surface area (Å²) in [6, 6.07) is 9.88. The maximum Gasteiger partial charge on any atom is 0.321 e. The lowest BCUT2D eigenvalue weighted by Crippen LogP contribution is -2.39. The minimum Gasteiger partial charge on any atom is -0.370 e. The molecule has 3 heterocycles. The molecule has 0 radical (unpaired) electrons. The largest absolute Gasteiger partial charge is 0.370 e. The van der Waals surface area contributed by atoms with Crippen molar-refractivity contribution in [1.82, 2.24) is 9.80 Å². The van der Waals surface area contributed by atoms with Crippen molar-refractivity contribution in [2.75, 3.05) is 42.9 Å². The van der Waals surface area contributed by atoms with Gasteiger partial charge in [0.25, 0.3) is 0 Å². The van der Waals surface area contributed by atoms with Crippen LogP contribution in [0.4, 0.5) is 16.2 Å². The van der Waals surface area contributed by atoms with Crippen LogP contribution in [-0.2, 0) is 0 Å². The van der Waals surface area contributed by atoms with Gasteiger partial charge in [0.2, 0.25) is 0 Å². The smallest absolute Gasteiger partial charge is 0.321 e. The Bertz CT molecular complexity index is 611. The van der Waals surface area contributed by atoms with Gasteiger partial charge in [0.05, 0.1) is 0 Å². The Morgan fingerprint density at radius 3 is 2.42 bits per heavy atom. The Hall–Kier alpha value is -1.75. The molecule has 0 aliphatic carbocycles. The molecular formula is C21H32N4O. The van der Waals surface area contributed by atoms with Gasteiger partial charge in [0, 0.05) is 49.6 Å². The fourth-order valence-corrected chi connectivity index (χ4v) is 4.80. The molecule has 3 fully saturated rings. The van der Waals surface area contributed by atoms with Crippen LogP contribution in [0.1, 0.15) is 45.4 Å². The number of carbonyl (C=O) groups is 1. The van der Waals surface area contributed by atoms with E-state index in [1.54, 1.807) is 0 Å². The van der Waals surface area contributed by atoms with Crippen molar-refractivity contribution < 1.29 is 4.79 Å². The predicted molar refractivity (Wildman–Crippen MR) is 107 cm³/mol. The third kappa shape index (κ3) is 3.83. The molecule has 5 nitrogen and oxygen atoms in total. The van der Waals surface area contributed by atoms with Gasteiger partial charge in [-0.15, -0.1) is 0 Å². The van der Waals surface area contributed by atoms with Crippen LogP contribution >= 0.6 is 0 Å². The molecule has 0 aromatic heterocycles. The van der Waals surface area contributed by atoms with Crippen molar-refractivity contribution in [2.24, 2.45) is 0 Å². The number of hydrogen-bond acceptors (Lipinski definition) is 3. The number of amides is 2. The third-order valence-electron chi connectivity index (χ3n) is 6.36. The van der Waals surface area contributed by atoms with Crippen LogP contribution in [0, 0.1) is 0 Å². The maximum absolute atomic E-state index is 12.3. The summed E-state index contributed by atoms with van der Waals surface area (Å²) in [5.41, 5.74) is 2.17. The van der Waals surface area contributed by atoms with E-state index in [4.69, 9.17) is 0 Å². The normalized spacial score (nSPS) is 27.1. The lowest BCUT2D eigenvalue weighted by Gasteiger charge is -2.28. The molecule has 142 valence electrons. The highest BCUT2D eigenvalue weighted by Gasteiger charge is 2.32. The second-order valence-electron chi connectivity index (χ2n) is 8.14. The number of nitrogens with zero attached hydrogens (tertiary/aromatic N) is 3. The molecule has 0 spiro atoms. The SMILES string of the molecule is CC1CCCN1C1CCN(c2ccc(NC(=O)N3CCCCC3)cc2)C1. The Balaban J connectivity index is 1.32. The van der Waals surface area contributed by atoms with Gasteiger partial charge in [0.15, 0.2) is 0 Å². The van der Waals surface area contributed by atoms with Crippen molar-refractivity contribution in [2.45, 2.75) is 57.5 Å². The van der Waals surface area contributed by atoms with Crippen molar-refractivity contribution >= 4 is 17.4 Å². The molecular weight excluding hydrogens is 324 g/mol. The van der Waals surface area contributed by atoms with Gasteiger partial charge in [-0.1, -0.05) is 0 Å². The molecule has 5 heteroatoms. The molecule has 2 amide bonds. The first-order chi connectivity index (χ1) is 12.7. The predicted octanol–water partition coefficient (Wildman–Crippen LogP) is 3.77. The average molecular weight is 357 g/mol. The number of benzene rings is 1. The van der Waals surface area contributed by atoms with E-state index in [2.05, 4.69) is 34.2 Å². The molecule has 3 saturated heterocycles. The zero-order valence-electron chi connectivity index (χ0n) is 16.0. The van der Waals surface area contributed by atoms with Crippen molar-refractivity contribution in [1.29, 1.82) is 0 Å². The van der Waals surface area contributed by atoms with E-state index in [-0.39, 0.29) is 6.03 Å². The van der Waals surface area contributed by atoms with Crippen LogP contribution in [-0.4, -0.2) is 60.6 Å². The van der Waals surface area contributed by atoms with Crippen molar-refractivity contribution in [3.63, 3.8) is 0 Å². The summed E-state index contributed by atoms with van der Waals surface area (Å²) in [7, 11) is 0. The summed E-state index contributed by atoms with van der Waals surface area (Å²) in [5, 5.41) is 3.05. The second kappa shape index (κ2) is 7.87. The van der Waals surface area contributed by atoms with Crippen LogP contribution in [0.3, 0.4) is 0 Å². The zero-order valence-corrected chi connectivity index (χ0v) is 16.0. The molecule has 1 N–H and O–H groups in total. The summed E-state index contributed by atoms with van der Waals surface area (Å²) in [6.45, 7) is 7.66. The Morgan fingerprint density at radius 2 is 1.73 bits per heavy atom. The number of carbonyl (C=O) groups excluding carboxylic acids is 1. The van der Waals surface area contributed by atoms with Crippen LogP contribution in [0.15, 0.2) is 24.3 Å². The average Bonchev–Trinajstić information content (AvgIpc) is 3.32. The standard InChI is InChI=1S/C21H32N4O/c1-17-6-5-14-25(17)20-11-15-24(16-20)19-9-7-18(8-10-19)22-21(26)23-12-3-2-4-13-23/h7-10,17,20H,2-6,11-16H2,1H3,(H,22,26). The van der Waals surface area contributed by atoms with Gasteiger partial charge in [-0.05, 0) is 76.3 Å². The highest BCUT2D eigenvalue weighted by Crippen LogP contribution is 2.28. The summed E-state index contributed by atoms with van der Waals surface area (Å²) in [6.07, 6.45) is 7.45. The molecule has 3 aliphatic heterocycles. The molecule has 4 rings (SSSR count). The van der Waals surface area contributed by atoms with E-state index < -0.39 is 0 Å². The van der Waals surface area contributed by atoms with Crippen LogP contribution in [0.25, 0.3) is 0 Å². The summed E-state index contributed by atoms with van der Waals surface area (Å²) >= 11 is 0. The number of piperidine rings is 1. The fraction of sp³-hybridized carbons (Fsp3) is 0.667. The summed E-state index contributed by atoms with van der Waals surface area (Å²) in [5.74, 6) is 0. The lowest BCUT2D eigenvalue weighted by atomic mass is 10.1. The van der Waals surface area contributed by atoms with E-state index in [9.17, 15) is 4.79 Å². The second-order valence-corrected chi connectivity index (χ2v) is 8.14. The number of urea groups is 1. The van der Waals surface area contributed by atoms with Crippen molar-refractivity contribution in [3.8, 4) is 0 Å². The minimum absolute atomic E-state index is 0.0432. The Morgan fingerprint density at radius 1 is 0.962 bits per heavy atom. The van der Waals surface area contributed by atoms with Gasteiger partial charge >= 0.3 is 6.03 Å². The van der Waals surface area contributed by atoms with E-state index in [1.165, 1.54) is 37.9 Å². The summed E-state index contributed by atoms with van der Waals surface area (Å²) < 4.78 is 0. The monoisotopic (exact) mass is 356 g/mol. The third-order valence-corrected chi connectivity index (χ3v) is 6.36. The molecule has 1 aromatic carbocycles. The molecule has 3 aliphatic rings. The fourth-order valence-electron chi connectivity index (χ4n) is 4.80. The van der Waals surface area contributed by atoms with Crippen molar-refractivity contribution in [3.05, 3.63) is 24.3 Å².